The number of hydrogen-bond donors (Lipinski definition) is 0. The maximum atomic E-state index is 12.8. The normalized spacial score (nSPS) is 15.0. The lowest BCUT2D eigenvalue weighted by atomic mass is 10.0. The molecule has 0 saturated carbocycles. The van der Waals surface area contributed by atoms with Crippen molar-refractivity contribution in [2.24, 2.45) is 0 Å². The Bertz CT molecular complexity index is 794. The molecule has 0 N–H and O–H groups in total. The Morgan fingerprint density at radius 3 is 2.21 bits per heavy atom. The molecule has 1 fully saturated rings. The van der Waals surface area contributed by atoms with E-state index in [1.165, 1.54) is 5.56 Å². The van der Waals surface area contributed by atoms with E-state index in [0.29, 0.717) is 5.92 Å². The lowest BCUT2D eigenvalue weighted by molar-refractivity contribution is 0.0627. The molecule has 0 radical (unpaired) electrons. The maximum absolute atomic E-state index is 12.8. The topological polar surface area (TPSA) is 42.0 Å². The van der Waals surface area contributed by atoms with E-state index >= 15 is 0 Å². The number of piperazine rings is 1. The van der Waals surface area contributed by atoms with Crippen LogP contribution in [0.15, 0.2) is 42.5 Å². The summed E-state index contributed by atoms with van der Waals surface area (Å²) in [5, 5.41) is 0. The van der Waals surface area contributed by atoms with Crippen molar-refractivity contribution in [3.8, 4) is 11.5 Å². The smallest absolute Gasteiger partial charge is 0.253 e. The van der Waals surface area contributed by atoms with Crippen molar-refractivity contribution in [2.45, 2.75) is 26.3 Å². The molecule has 1 aliphatic heterocycles. The molecule has 3 rings (SSSR count). The Morgan fingerprint density at radius 2 is 1.64 bits per heavy atom. The maximum Gasteiger partial charge on any atom is 0.253 e. The van der Waals surface area contributed by atoms with Crippen LogP contribution in [0.25, 0.3) is 0 Å². The predicted octanol–water partition coefficient (Wildman–Crippen LogP) is 3.79. The summed E-state index contributed by atoms with van der Waals surface area (Å²) in [7, 11) is 3.36. The Balaban J connectivity index is 1.59. The van der Waals surface area contributed by atoms with E-state index < -0.39 is 0 Å². The first-order chi connectivity index (χ1) is 13.5. The number of hydrogen-bond acceptors (Lipinski definition) is 4. The van der Waals surface area contributed by atoms with Crippen molar-refractivity contribution in [3.63, 3.8) is 0 Å². The van der Waals surface area contributed by atoms with Crippen molar-refractivity contribution in [3.05, 3.63) is 59.2 Å². The van der Waals surface area contributed by atoms with Gasteiger partial charge in [-0.3, -0.25) is 9.69 Å². The second-order valence-electron chi connectivity index (χ2n) is 7.52. The van der Waals surface area contributed by atoms with Crippen molar-refractivity contribution in [2.75, 3.05) is 40.4 Å². The number of carbonyl (C=O) groups excluding carboxylic acids is 1. The Hall–Kier alpha value is -2.53. The zero-order chi connectivity index (χ0) is 20.1. The summed E-state index contributed by atoms with van der Waals surface area (Å²) in [6.07, 6.45) is 0. The molecule has 1 saturated heterocycles. The van der Waals surface area contributed by atoms with Crippen LogP contribution in [0.1, 0.15) is 41.3 Å². The summed E-state index contributed by atoms with van der Waals surface area (Å²) < 4.78 is 10.8. The van der Waals surface area contributed by atoms with Crippen LogP contribution in [0.5, 0.6) is 11.5 Å². The fourth-order valence-corrected chi connectivity index (χ4v) is 3.55. The van der Waals surface area contributed by atoms with Gasteiger partial charge in [0.1, 0.15) is 11.5 Å². The molecular weight excluding hydrogens is 352 g/mol. The van der Waals surface area contributed by atoms with Crippen molar-refractivity contribution < 1.29 is 14.3 Å². The van der Waals surface area contributed by atoms with Gasteiger partial charge in [-0.1, -0.05) is 26.0 Å². The van der Waals surface area contributed by atoms with Gasteiger partial charge in [-0.25, -0.2) is 0 Å². The lowest BCUT2D eigenvalue weighted by Crippen LogP contribution is -2.48. The molecule has 0 spiro atoms. The third kappa shape index (κ3) is 4.65. The van der Waals surface area contributed by atoms with Gasteiger partial charge in [-0.05, 0) is 41.8 Å². The molecule has 0 aliphatic carbocycles. The zero-order valence-corrected chi connectivity index (χ0v) is 17.3. The number of carbonyl (C=O) groups is 1. The molecule has 2 aromatic rings. The number of methoxy groups -OCH3 is 2. The first-order valence-electron chi connectivity index (χ1n) is 9.84. The van der Waals surface area contributed by atoms with Gasteiger partial charge in [0.05, 0.1) is 14.2 Å². The quantitative estimate of drug-likeness (QED) is 0.762. The van der Waals surface area contributed by atoms with E-state index in [0.717, 1.165) is 55.3 Å². The van der Waals surface area contributed by atoms with Gasteiger partial charge in [0, 0.05) is 43.9 Å². The van der Waals surface area contributed by atoms with Crippen LogP contribution in [0.2, 0.25) is 0 Å². The molecule has 0 atom stereocenters. The van der Waals surface area contributed by atoms with E-state index in [4.69, 9.17) is 9.47 Å². The molecule has 1 amide bonds. The van der Waals surface area contributed by atoms with E-state index in [-0.39, 0.29) is 5.91 Å². The van der Waals surface area contributed by atoms with Crippen molar-refractivity contribution in [1.29, 1.82) is 0 Å². The zero-order valence-electron chi connectivity index (χ0n) is 17.3. The highest BCUT2D eigenvalue weighted by Crippen LogP contribution is 2.26. The minimum atomic E-state index is 0.119. The van der Waals surface area contributed by atoms with E-state index in [2.05, 4.69) is 30.9 Å². The highest BCUT2D eigenvalue weighted by Gasteiger charge is 2.23. The van der Waals surface area contributed by atoms with E-state index in [1.54, 1.807) is 14.2 Å². The Morgan fingerprint density at radius 1 is 0.964 bits per heavy atom. The van der Waals surface area contributed by atoms with Crippen LogP contribution in [0, 0.1) is 0 Å². The number of benzene rings is 2. The number of nitrogens with zero attached hydrogens (tertiary/aromatic N) is 2. The largest absolute Gasteiger partial charge is 0.497 e. The Labute approximate surface area is 167 Å². The van der Waals surface area contributed by atoms with Crippen LogP contribution in [0.4, 0.5) is 0 Å². The molecule has 5 nitrogen and oxygen atoms in total. The minimum absolute atomic E-state index is 0.119. The Kier molecular flexibility index (Phi) is 6.57. The third-order valence-electron chi connectivity index (χ3n) is 5.37. The monoisotopic (exact) mass is 382 g/mol. The highest BCUT2D eigenvalue weighted by atomic mass is 16.5. The first-order valence-corrected chi connectivity index (χ1v) is 9.84. The van der Waals surface area contributed by atoms with Crippen LogP contribution in [0.3, 0.4) is 0 Å². The lowest BCUT2D eigenvalue weighted by Gasteiger charge is -2.35. The summed E-state index contributed by atoms with van der Waals surface area (Å²) in [6, 6.07) is 13.9. The van der Waals surface area contributed by atoms with E-state index in [9.17, 15) is 4.79 Å². The fraction of sp³-hybridized carbons (Fsp3) is 0.435. The standard InChI is InChI=1S/C23H30N2O3/c1-17(2)18-5-7-19(8-6-18)23(26)25-13-11-24(12-14-25)16-20-15-21(27-3)9-10-22(20)28-4/h5-10,15,17H,11-14,16H2,1-4H3. The average Bonchev–Trinajstić information content (AvgIpc) is 2.73. The summed E-state index contributed by atoms with van der Waals surface area (Å²) in [5.41, 5.74) is 3.13. The first kappa shape index (κ1) is 20.2. The van der Waals surface area contributed by atoms with Crippen molar-refractivity contribution in [1.82, 2.24) is 9.80 Å². The summed E-state index contributed by atoms with van der Waals surface area (Å²) >= 11 is 0. The molecule has 1 heterocycles. The predicted molar refractivity (Wildman–Crippen MR) is 111 cm³/mol. The van der Waals surface area contributed by atoms with Crippen LogP contribution in [-0.2, 0) is 6.54 Å². The van der Waals surface area contributed by atoms with Gasteiger partial charge in [-0.2, -0.15) is 0 Å². The SMILES string of the molecule is COc1ccc(OC)c(CN2CCN(C(=O)c3ccc(C(C)C)cc3)CC2)c1. The van der Waals surface area contributed by atoms with Crippen LogP contribution < -0.4 is 9.47 Å². The minimum Gasteiger partial charge on any atom is -0.497 e. The van der Waals surface area contributed by atoms with Crippen LogP contribution in [-0.4, -0.2) is 56.1 Å². The molecule has 2 aromatic carbocycles. The highest BCUT2D eigenvalue weighted by molar-refractivity contribution is 5.94. The van der Waals surface area contributed by atoms with Crippen LogP contribution >= 0.6 is 0 Å². The summed E-state index contributed by atoms with van der Waals surface area (Å²) in [5.74, 6) is 2.29. The summed E-state index contributed by atoms with van der Waals surface area (Å²) in [4.78, 5) is 17.1. The van der Waals surface area contributed by atoms with Gasteiger partial charge < -0.3 is 14.4 Å². The molecule has 28 heavy (non-hydrogen) atoms. The molecule has 0 aromatic heterocycles. The molecule has 5 heteroatoms. The fourth-order valence-electron chi connectivity index (χ4n) is 3.55. The van der Waals surface area contributed by atoms with Gasteiger partial charge >= 0.3 is 0 Å². The number of rotatable bonds is 6. The van der Waals surface area contributed by atoms with Crippen molar-refractivity contribution >= 4 is 5.91 Å². The van der Waals surface area contributed by atoms with Gasteiger partial charge in [0.25, 0.3) is 5.91 Å². The molecule has 0 bridgehead atoms. The number of amides is 1. The molecule has 150 valence electrons. The van der Waals surface area contributed by atoms with Gasteiger partial charge in [0.15, 0.2) is 0 Å². The average molecular weight is 383 g/mol. The van der Waals surface area contributed by atoms with Gasteiger partial charge in [-0.15, -0.1) is 0 Å². The molecular formula is C23H30N2O3. The second-order valence-corrected chi connectivity index (χ2v) is 7.52. The molecule has 1 aliphatic rings. The summed E-state index contributed by atoms with van der Waals surface area (Å²) in [6.45, 7) is 8.26. The van der Waals surface area contributed by atoms with E-state index in [1.807, 2.05) is 35.2 Å². The number of ether oxygens (including phenoxy) is 2. The third-order valence-corrected chi connectivity index (χ3v) is 5.37. The second kappa shape index (κ2) is 9.11. The van der Waals surface area contributed by atoms with Gasteiger partial charge in [0.2, 0.25) is 0 Å². The molecule has 0 unspecified atom stereocenters.